The van der Waals surface area contributed by atoms with Crippen LogP contribution in [0, 0.1) is 5.82 Å². The maximum atomic E-state index is 12.8. The van der Waals surface area contributed by atoms with E-state index in [1.165, 1.54) is 12.1 Å². The Morgan fingerprint density at radius 3 is 2.85 bits per heavy atom. The van der Waals surface area contributed by atoms with E-state index in [1.807, 2.05) is 13.0 Å². The van der Waals surface area contributed by atoms with Crippen LogP contribution in [-0.2, 0) is 0 Å². The Bertz CT molecular complexity index is 433. The van der Waals surface area contributed by atoms with Crippen LogP contribution in [-0.4, -0.2) is 0 Å². The van der Waals surface area contributed by atoms with E-state index in [1.54, 1.807) is 6.07 Å². The predicted molar refractivity (Wildman–Crippen MR) is 48.8 cm³/mol. The molecule has 2 aromatic rings. The van der Waals surface area contributed by atoms with Crippen molar-refractivity contribution in [3.05, 3.63) is 35.8 Å². The minimum Gasteiger partial charge on any atom is -0.459 e. The fourth-order valence-corrected chi connectivity index (χ4v) is 1.25. The molecule has 3 heteroatoms. The molecule has 0 aliphatic rings. The molecule has 0 radical (unpaired) electrons. The molecule has 68 valence electrons. The van der Waals surface area contributed by atoms with Crippen molar-refractivity contribution in [1.29, 1.82) is 0 Å². The molecule has 1 aromatic heterocycles. The van der Waals surface area contributed by atoms with Crippen LogP contribution in [0.4, 0.5) is 4.39 Å². The molecule has 0 fully saturated rings. The summed E-state index contributed by atoms with van der Waals surface area (Å²) in [6, 6.07) is 6.12. The second-order valence-corrected chi connectivity index (χ2v) is 3.12. The highest BCUT2D eigenvalue weighted by Crippen LogP contribution is 2.23. The summed E-state index contributed by atoms with van der Waals surface area (Å²) in [6.07, 6.45) is 0. The van der Waals surface area contributed by atoms with Crippen molar-refractivity contribution in [3.8, 4) is 0 Å². The quantitative estimate of drug-likeness (QED) is 0.730. The second kappa shape index (κ2) is 2.85. The van der Waals surface area contributed by atoms with Gasteiger partial charge < -0.3 is 10.2 Å². The smallest absolute Gasteiger partial charge is 0.137 e. The third-order valence-corrected chi connectivity index (χ3v) is 1.95. The van der Waals surface area contributed by atoms with E-state index in [4.69, 9.17) is 10.2 Å². The van der Waals surface area contributed by atoms with Gasteiger partial charge in [-0.3, -0.25) is 0 Å². The van der Waals surface area contributed by atoms with Crippen LogP contribution in [0.2, 0.25) is 0 Å². The van der Waals surface area contributed by atoms with Crippen molar-refractivity contribution in [3.63, 3.8) is 0 Å². The Hall–Kier alpha value is -1.35. The lowest BCUT2D eigenvalue weighted by Crippen LogP contribution is -2.02. The fraction of sp³-hybridized carbons (Fsp3) is 0.200. The molecule has 0 aliphatic heterocycles. The predicted octanol–water partition coefficient (Wildman–Crippen LogP) is 2.59. The maximum absolute atomic E-state index is 12.8. The van der Waals surface area contributed by atoms with Gasteiger partial charge in [-0.25, -0.2) is 4.39 Å². The summed E-state index contributed by atoms with van der Waals surface area (Å²) in [5.74, 6) is 0.388. The first-order chi connectivity index (χ1) is 6.16. The zero-order valence-electron chi connectivity index (χ0n) is 7.25. The Labute approximate surface area is 75.1 Å². The van der Waals surface area contributed by atoms with E-state index >= 15 is 0 Å². The van der Waals surface area contributed by atoms with Gasteiger partial charge in [0.25, 0.3) is 0 Å². The number of fused-ring (bicyclic) bond motifs is 1. The van der Waals surface area contributed by atoms with Crippen LogP contribution in [0.15, 0.2) is 28.7 Å². The van der Waals surface area contributed by atoms with Gasteiger partial charge in [0.1, 0.15) is 17.2 Å². The van der Waals surface area contributed by atoms with Gasteiger partial charge in [0.2, 0.25) is 0 Å². The van der Waals surface area contributed by atoms with E-state index in [0.717, 1.165) is 5.39 Å². The Morgan fingerprint density at radius 1 is 1.38 bits per heavy atom. The van der Waals surface area contributed by atoms with Crippen LogP contribution in [0.3, 0.4) is 0 Å². The summed E-state index contributed by atoms with van der Waals surface area (Å²) in [4.78, 5) is 0. The summed E-state index contributed by atoms with van der Waals surface area (Å²) in [5.41, 5.74) is 6.18. The summed E-state index contributed by atoms with van der Waals surface area (Å²) in [6.45, 7) is 1.83. The maximum Gasteiger partial charge on any atom is 0.137 e. The van der Waals surface area contributed by atoms with Gasteiger partial charge in [0, 0.05) is 11.5 Å². The van der Waals surface area contributed by atoms with E-state index < -0.39 is 0 Å². The first-order valence-electron chi connectivity index (χ1n) is 4.11. The molecular weight excluding hydrogens is 169 g/mol. The molecule has 0 spiro atoms. The number of nitrogens with two attached hydrogens (primary N) is 1. The molecule has 1 heterocycles. The molecule has 1 aromatic carbocycles. The molecule has 0 amide bonds. The number of halogens is 1. The zero-order chi connectivity index (χ0) is 9.42. The molecule has 0 bridgehead atoms. The number of benzene rings is 1. The Kier molecular flexibility index (Phi) is 1.81. The fourth-order valence-electron chi connectivity index (χ4n) is 1.25. The van der Waals surface area contributed by atoms with E-state index in [2.05, 4.69) is 0 Å². The molecule has 0 saturated carbocycles. The molecule has 0 aliphatic carbocycles. The molecule has 13 heavy (non-hydrogen) atoms. The highest BCUT2D eigenvalue weighted by molar-refractivity contribution is 5.77. The van der Waals surface area contributed by atoms with Crippen molar-refractivity contribution in [2.75, 3.05) is 0 Å². The lowest BCUT2D eigenvalue weighted by molar-refractivity contribution is 0.510. The van der Waals surface area contributed by atoms with E-state index in [0.29, 0.717) is 11.3 Å². The summed E-state index contributed by atoms with van der Waals surface area (Å²) >= 11 is 0. The van der Waals surface area contributed by atoms with Gasteiger partial charge in [-0.2, -0.15) is 0 Å². The van der Waals surface area contributed by atoms with Crippen molar-refractivity contribution in [2.24, 2.45) is 5.73 Å². The summed E-state index contributed by atoms with van der Waals surface area (Å²) in [5, 5.41) is 0.883. The van der Waals surface area contributed by atoms with Gasteiger partial charge in [0.05, 0.1) is 6.04 Å². The SMILES string of the molecule is CC(N)c1cc2ccc(F)cc2o1. The van der Waals surface area contributed by atoms with Gasteiger partial charge >= 0.3 is 0 Å². The molecule has 2 nitrogen and oxygen atoms in total. The zero-order valence-corrected chi connectivity index (χ0v) is 7.25. The monoisotopic (exact) mass is 179 g/mol. The molecule has 2 N–H and O–H groups in total. The summed E-state index contributed by atoms with van der Waals surface area (Å²) in [7, 11) is 0. The minimum atomic E-state index is -0.293. The summed E-state index contributed by atoms with van der Waals surface area (Å²) < 4.78 is 18.1. The van der Waals surface area contributed by atoms with E-state index in [-0.39, 0.29) is 11.9 Å². The Morgan fingerprint density at radius 2 is 2.15 bits per heavy atom. The third kappa shape index (κ3) is 1.42. The average molecular weight is 179 g/mol. The minimum absolute atomic E-state index is 0.157. The van der Waals surface area contributed by atoms with Crippen LogP contribution >= 0.6 is 0 Å². The average Bonchev–Trinajstić information content (AvgIpc) is 2.46. The molecule has 0 saturated heterocycles. The first-order valence-corrected chi connectivity index (χ1v) is 4.11. The van der Waals surface area contributed by atoms with Crippen molar-refractivity contribution in [1.82, 2.24) is 0 Å². The van der Waals surface area contributed by atoms with Crippen LogP contribution < -0.4 is 5.73 Å². The third-order valence-electron chi connectivity index (χ3n) is 1.95. The first kappa shape index (κ1) is 8.26. The molecular formula is C10H10FNO. The lowest BCUT2D eigenvalue weighted by atomic mass is 10.2. The molecule has 2 rings (SSSR count). The number of furan rings is 1. The second-order valence-electron chi connectivity index (χ2n) is 3.12. The van der Waals surface area contributed by atoms with Crippen molar-refractivity contribution >= 4 is 11.0 Å². The lowest BCUT2D eigenvalue weighted by Gasteiger charge is -1.96. The largest absolute Gasteiger partial charge is 0.459 e. The van der Waals surface area contributed by atoms with Gasteiger partial charge in [-0.15, -0.1) is 0 Å². The molecule has 1 unspecified atom stereocenters. The van der Waals surface area contributed by atoms with Gasteiger partial charge in [-0.05, 0) is 25.1 Å². The van der Waals surface area contributed by atoms with Crippen LogP contribution in [0.5, 0.6) is 0 Å². The topological polar surface area (TPSA) is 39.2 Å². The van der Waals surface area contributed by atoms with Crippen LogP contribution in [0.1, 0.15) is 18.7 Å². The standard InChI is InChI=1S/C10H10FNO/c1-6(12)9-4-7-2-3-8(11)5-10(7)13-9/h2-6H,12H2,1H3. The number of hydrogen-bond donors (Lipinski definition) is 1. The van der Waals surface area contributed by atoms with Crippen molar-refractivity contribution < 1.29 is 8.81 Å². The van der Waals surface area contributed by atoms with Gasteiger partial charge in [0.15, 0.2) is 0 Å². The Balaban J connectivity index is 2.62. The number of rotatable bonds is 1. The highest BCUT2D eigenvalue weighted by Gasteiger charge is 2.07. The highest BCUT2D eigenvalue weighted by atomic mass is 19.1. The van der Waals surface area contributed by atoms with Gasteiger partial charge in [-0.1, -0.05) is 0 Å². The van der Waals surface area contributed by atoms with Crippen LogP contribution in [0.25, 0.3) is 11.0 Å². The normalized spacial score (nSPS) is 13.5. The molecule has 1 atom stereocenters. The number of hydrogen-bond acceptors (Lipinski definition) is 2. The van der Waals surface area contributed by atoms with E-state index in [9.17, 15) is 4.39 Å². The van der Waals surface area contributed by atoms with Crippen molar-refractivity contribution in [2.45, 2.75) is 13.0 Å².